The Morgan fingerprint density at radius 2 is 1.91 bits per heavy atom. The molecular formula is C22H25N5O5. The molecule has 10 heteroatoms. The molecule has 1 heterocycles. The molecule has 0 spiro atoms. The van der Waals surface area contributed by atoms with E-state index in [1.807, 2.05) is 30.3 Å². The van der Waals surface area contributed by atoms with Crippen LogP contribution in [0, 0.1) is 0 Å². The Bertz CT molecular complexity index is 949. The highest BCUT2D eigenvalue weighted by atomic mass is 16.5. The van der Waals surface area contributed by atoms with Crippen molar-refractivity contribution >= 4 is 29.8 Å². The first-order valence-corrected chi connectivity index (χ1v) is 10.1. The Kier molecular flexibility index (Phi) is 8.15. The van der Waals surface area contributed by atoms with Crippen molar-refractivity contribution in [2.24, 2.45) is 5.10 Å². The van der Waals surface area contributed by atoms with Crippen LogP contribution in [0.15, 0.2) is 59.7 Å². The summed E-state index contributed by atoms with van der Waals surface area (Å²) in [4.78, 5) is 38.1. The summed E-state index contributed by atoms with van der Waals surface area (Å²) >= 11 is 0. The lowest BCUT2D eigenvalue weighted by molar-refractivity contribution is -0.144. The van der Waals surface area contributed by atoms with Gasteiger partial charge in [-0.05, 0) is 29.7 Å². The highest BCUT2D eigenvalue weighted by Gasteiger charge is 2.33. The zero-order valence-electron chi connectivity index (χ0n) is 17.4. The summed E-state index contributed by atoms with van der Waals surface area (Å²) in [6.45, 7) is 0.765. The number of nitrogens with zero attached hydrogens (tertiary/aromatic N) is 2. The second kappa shape index (κ2) is 11.5. The fourth-order valence-corrected chi connectivity index (χ4v) is 3.21. The summed E-state index contributed by atoms with van der Waals surface area (Å²) in [7, 11) is 0. The normalized spacial score (nSPS) is 15.6. The maximum Gasteiger partial charge on any atom is 0.315 e. The molecule has 3 amide bonds. The first kappa shape index (κ1) is 22.8. The number of anilines is 1. The van der Waals surface area contributed by atoms with Crippen LogP contribution in [-0.2, 0) is 20.9 Å². The van der Waals surface area contributed by atoms with Crippen LogP contribution in [0.4, 0.5) is 10.5 Å². The Labute approximate surface area is 185 Å². The van der Waals surface area contributed by atoms with Gasteiger partial charge in [-0.1, -0.05) is 42.5 Å². The Hall–Kier alpha value is -3.92. The number of nitrogens with one attached hydrogen (secondary N) is 3. The molecule has 4 N–H and O–H groups in total. The zero-order valence-corrected chi connectivity index (χ0v) is 17.4. The van der Waals surface area contributed by atoms with E-state index >= 15 is 0 Å². The average molecular weight is 439 g/mol. The van der Waals surface area contributed by atoms with Crippen LogP contribution in [0.5, 0.6) is 0 Å². The maximum atomic E-state index is 12.6. The minimum absolute atomic E-state index is 0.0342. The molecule has 32 heavy (non-hydrogen) atoms. The van der Waals surface area contributed by atoms with E-state index in [2.05, 4.69) is 15.7 Å². The number of hydrazone groups is 1. The largest absolute Gasteiger partial charge is 0.461 e. The lowest BCUT2D eigenvalue weighted by atomic mass is 10.2. The zero-order chi connectivity index (χ0) is 22.8. The lowest BCUT2D eigenvalue weighted by Gasteiger charge is -2.17. The predicted octanol–water partition coefficient (Wildman–Crippen LogP) is 1.54. The highest BCUT2D eigenvalue weighted by Crippen LogP contribution is 2.21. The van der Waals surface area contributed by atoms with Gasteiger partial charge in [0.2, 0.25) is 5.91 Å². The minimum atomic E-state index is -0.639. The van der Waals surface area contributed by atoms with Crippen molar-refractivity contribution in [2.75, 3.05) is 18.0 Å². The molecule has 0 unspecified atom stereocenters. The van der Waals surface area contributed by atoms with Gasteiger partial charge in [-0.2, -0.15) is 10.7 Å². The lowest BCUT2D eigenvalue weighted by Crippen LogP contribution is -2.46. The van der Waals surface area contributed by atoms with Crippen LogP contribution in [0.2, 0.25) is 0 Å². The minimum Gasteiger partial charge on any atom is -0.461 e. The molecule has 0 aromatic heterocycles. The van der Waals surface area contributed by atoms with Gasteiger partial charge in [-0.15, -0.1) is 0 Å². The molecule has 2 aromatic carbocycles. The third-order valence-electron chi connectivity index (χ3n) is 4.84. The van der Waals surface area contributed by atoms with E-state index in [0.717, 1.165) is 11.1 Å². The fraction of sp³-hybridized carbons (Fsp3) is 0.273. The summed E-state index contributed by atoms with van der Waals surface area (Å²) in [6.07, 6.45) is 1.94. The van der Waals surface area contributed by atoms with Gasteiger partial charge in [-0.3, -0.25) is 14.8 Å². The second-order valence-corrected chi connectivity index (χ2v) is 7.08. The molecule has 3 rings (SSSR count). The summed E-state index contributed by atoms with van der Waals surface area (Å²) in [6, 6.07) is 15.2. The number of hydrogen-bond donors (Lipinski definition) is 4. The van der Waals surface area contributed by atoms with Crippen LogP contribution in [0.1, 0.15) is 24.0 Å². The monoisotopic (exact) mass is 439 g/mol. The number of carbonyl (C=O) groups is 3. The number of urea groups is 1. The van der Waals surface area contributed by atoms with Gasteiger partial charge < -0.3 is 20.3 Å². The number of benzene rings is 2. The van der Waals surface area contributed by atoms with Gasteiger partial charge in [0, 0.05) is 18.8 Å². The first-order valence-electron chi connectivity index (χ1n) is 10.1. The average Bonchev–Trinajstić information content (AvgIpc) is 3.17. The van der Waals surface area contributed by atoms with Gasteiger partial charge in [0.05, 0.1) is 12.6 Å². The van der Waals surface area contributed by atoms with Crippen molar-refractivity contribution in [2.45, 2.75) is 25.5 Å². The molecule has 1 saturated heterocycles. The van der Waals surface area contributed by atoms with E-state index in [0.29, 0.717) is 18.7 Å². The SMILES string of the molecule is O=C(NCCC(=O)OCc1ccccc1)N[C@H]1CCN(c2ccc(C=NNO)cc2)C1=O. The Morgan fingerprint density at radius 3 is 2.62 bits per heavy atom. The van der Waals surface area contributed by atoms with E-state index in [1.165, 1.54) is 6.21 Å². The maximum absolute atomic E-state index is 12.6. The molecule has 10 nitrogen and oxygen atoms in total. The number of ether oxygens (including phenoxy) is 1. The number of hydrogen-bond acceptors (Lipinski definition) is 7. The molecule has 2 aromatic rings. The Balaban J connectivity index is 1.38. The van der Waals surface area contributed by atoms with Crippen LogP contribution in [0.25, 0.3) is 0 Å². The standard InChI is InChI=1S/C22H25N5O5/c28-20(32-15-17-4-2-1-3-5-17)10-12-23-22(30)25-19-11-13-27(21(19)29)18-8-6-16(7-9-18)14-24-26-31/h1-9,14,19,26,31H,10-13,15H2,(H2,23,25,30)/t19-/m0/s1. The molecular weight excluding hydrogens is 414 g/mol. The van der Waals surface area contributed by atoms with E-state index in [4.69, 9.17) is 9.94 Å². The van der Waals surface area contributed by atoms with Crippen LogP contribution in [0.3, 0.4) is 0 Å². The van der Waals surface area contributed by atoms with E-state index in [-0.39, 0.29) is 25.5 Å². The number of carbonyl (C=O) groups excluding carboxylic acids is 3. The quantitative estimate of drug-likeness (QED) is 0.266. The third-order valence-corrected chi connectivity index (χ3v) is 4.84. The predicted molar refractivity (Wildman–Crippen MR) is 117 cm³/mol. The van der Waals surface area contributed by atoms with Crippen molar-refractivity contribution < 1.29 is 24.3 Å². The summed E-state index contributed by atoms with van der Waals surface area (Å²) in [5.74, 6) is -0.624. The first-order chi connectivity index (χ1) is 15.6. The summed E-state index contributed by atoms with van der Waals surface area (Å²) in [5.41, 5.74) is 4.03. The van der Waals surface area contributed by atoms with Gasteiger partial charge in [0.1, 0.15) is 12.6 Å². The summed E-state index contributed by atoms with van der Waals surface area (Å²) < 4.78 is 5.16. The molecule has 168 valence electrons. The molecule has 0 radical (unpaired) electrons. The van der Waals surface area contributed by atoms with Gasteiger partial charge in [0.15, 0.2) is 0 Å². The van der Waals surface area contributed by atoms with Gasteiger partial charge >= 0.3 is 12.0 Å². The van der Waals surface area contributed by atoms with Crippen LogP contribution < -0.4 is 21.1 Å². The van der Waals surface area contributed by atoms with Crippen molar-refractivity contribution in [3.8, 4) is 0 Å². The third kappa shape index (κ3) is 6.54. The van der Waals surface area contributed by atoms with Crippen molar-refractivity contribution in [3.63, 3.8) is 0 Å². The van der Waals surface area contributed by atoms with Gasteiger partial charge in [-0.25, -0.2) is 4.79 Å². The Morgan fingerprint density at radius 1 is 1.16 bits per heavy atom. The van der Waals surface area contributed by atoms with Crippen molar-refractivity contribution in [1.82, 2.24) is 16.2 Å². The second-order valence-electron chi connectivity index (χ2n) is 7.08. The van der Waals surface area contributed by atoms with E-state index in [1.54, 1.807) is 34.8 Å². The van der Waals surface area contributed by atoms with Crippen molar-refractivity contribution in [3.05, 3.63) is 65.7 Å². The summed E-state index contributed by atoms with van der Waals surface area (Å²) in [5, 5.41) is 17.2. The van der Waals surface area contributed by atoms with Crippen molar-refractivity contribution in [1.29, 1.82) is 0 Å². The molecule has 1 fully saturated rings. The number of esters is 1. The number of rotatable bonds is 9. The van der Waals surface area contributed by atoms with Crippen LogP contribution in [-0.4, -0.2) is 48.5 Å². The molecule has 0 saturated carbocycles. The highest BCUT2D eigenvalue weighted by molar-refractivity contribution is 6.01. The van der Waals surface area contributed by atoms with E-state index in [9.17, 15) is 14.4 Å². The molecule has 1 aliphatic rings. The number of amides is 3. The topological polar surface area (TPSA) is 132 Å². The molecule has 1 atom stereocenters. The van der Waals surface area contributed by atoms with Gasteiger partial charge in [0.25, 0.3) is 0 Å². The molecule has 0 aliphatic carbocycles. The molecule has 0 bridgehead atoms. The van der Waals surface area contributed by atoms with Crippen LogP contribution >= 0.6 is 0 Å². The fourth-order valence-electron chi connectivity index (χ4n) is 3.21. The van der Waals surface area contributed by atoms with E-state index < -0.39 is 18.0 Å². The molecule has 1 aliphatic heterocycles. The smallest absolute Gasteiger partial charge is 0.315 e.